The van der Waals surface area contributed by atoms with Crippen LogP contribution >= 0.6 is 0 Å². The smallest absolute Gasteiger partial charge is 0.407 e. The van der Waals surface area contributed by atoms with Crippen LogP contribution in [-0.4, -0.2) is 76.7 Å². The lowest BCUT2D eigenvalue weighted by molar-refractivity contribution is 0.0287. The van der Waals surface area contributed by atoms with E-state index in [9.17, 15) is 18.7 Å². The molecule has 2 aliphatic heterocycles. The van der Waals surface area contributed by atoms with Crippen LogP contribution in [0.2, 0.25) is 0 Å². The summed E-state index contributed by atoms with van der Waals surface area (Å²) in [4.78, 5) is 25.8. The Balaban J connectivity index is 1.62. The highest BCUT2D eigenvalue weighted by Crippen LogP contribution is 2.60. The number of fused-ring (bicyclic) bond motifs is 1. The summed E-state index contributed by atoms with van der Waals surface area (Å²) in [6.07, 6.45) is 3.10. The van der Waals surface area contributed by atoms with E-state index in [1.807, 2.05) is 0 Å². The first-order valence-electron chi connectivity index (χ1n) is 10.9. The van der Waals surface area contributed by atoms with Crippen molar-refractivity contribution in [1.29, 1.82) is 0 Å². The quantitative estimate of drug-likeness (QED) is 0.729. The van der Waals surface area contributed by atoms with Crippen LogP contribution in [0.1, 0.15) is 50.3 Å². The first-order chi connectivity index (χ1) is 14.6. The summed E-state index contributed by atoms with van der Waals surface area (Å²) < 4.78 is 34.0. The number of rotatable bonds is 6. The Kier molecular flexibility index (Phi) is 5.70. The van der Waals surface area contributed by atoms with Crippen molar-refractivity contribution >= 4 is 11.9 Å². The van der Waals surface area contributed by atoms with Gasteiger partial charge in [-0.1, -0.05) is 12.8 Å². The van der Waals surface area contributed by atoms with E-state index in [1.54, 1.807) is 19.0 Å². The zero-order valence-electron chi connectivity index (χ0n) is 18.4. The van der Waals surface area contributed by atoms with E-state index in [0.717, 1.165) is 37.8 Å². The Labute approximate surface area is 181 Å². The summed E-state index contributed by atoms with van der Waals surface area (Å²) >= 11 is 0. The summed E-state index contributed by atoms with van der Waals surface area (Å²) in [5.41, 5.74) is 0.161. The SMILES string of the molecule is CC1CCCCCN1c1nc(OC[C@]2(CN(C)C)CC2(F)F)nc2c1CN(C(=O)O)C2. The fourth-order valence-corrected chi connectivity index (χ4v) is 4.80. The molecule has 2 atom stereocenters. The largest absolute Gasteiger partial charge is 0.465 e. The molecular weight excluding hydrogens is 408 g/mol. The summed E-state index contributed by atoms with van der Waals surface area (Å²) in [5, 5.41) is 9.46. The Morgan fingerprint density at radius 2 is 2.00 bits per heavy atom. The van der Waals surface area contributed by atoms with Gasteiger partial charge < -0.3 is 19.6 Å². The lowest BCUT2D eigenvalue weighted by Crippen LogP contribution is -2.35. The fourth-order valence-electron chi connectivity index (χ4n) is 4.80. The third-order valence-corrected chi connectivity index (χ3v) is 6.64. The van der Waals surface area contributed by atoms with Gasteiger partial charge in [-0.15, -0.1) is 0 Å². The van der Waals surface area contributed by atoms with Crippen LogP contribution in [-0.2, 0) is 13.1 Å². The van der Waals surface area contributed by atoms with Gasteiger partial charge in [0, 0.05) is 31.1 Å². The van der Waals surface area contributed by atoms with Gasteiger partial charge in [0.05, 0.1) is 24.2 Å². The van der Waals surface area contributed by atoms with Gasteiger partial charge in [-0.25, -0.2) is 13.6 Å². The third kappa shape index (κ3) is 4.26. The summed E-state index contributed by atoms with van der Waals surface area (Å²) in [5.74, 6) is -2.08. The van der Waals surface area contributed by atoms with Gasteiger partial charge in [0.1, 0.15) is 12.4 Å². The Bertz CT molecular complexity index is 853. The molecule has 3 aliphatic rings. The van der Waals surface area contributed by atoms with Gasteiger partial charge in [0.15, 0.2) is 0 Å². The lowest BCUT2D eigenvalue weighted by atomic mass is 10.1. The fraction of sp³-hybridized carbons (Fsp3) is 0.762. The van der Waals surface area contributed by atoms with E-state index < -0.39 is 17.4 Å². The molecule has 4 rings (SSSR count). The van der Waals surface area contributed by atoms with E-state index >= 15 is 0 Å². The number of carbonyl (C=O) groups is 1. The lowest BCUT2D eigenvalue weighted by Gasteiger charge is -2.30. The standard InChI is InChI=1S/C21H31F2N5O3/c1-14-7-5-4-6-8-28(14)17-15-9-27(19(29)30)10-16(15)24-18(25-17)31-13-20(12-26(2)3)11-21(20,22)23/h14H,4-13H2,1-3H3,(H,29,30)/t14?,20-/m1/s1. The Morgan fingerprint density at radius 3 is 2.65 bits per heavy atom. The number of alkyl halides is 2. The zero-order valence-corrected chi connectivity index (χ0v) is 18.4. The maximum absolute atomic E-state index is 14.1. The van der Waals surface area contributed by atoms with E-state index in [-0.39, 0.29) is 44.7 Å². The van der Waals surface area contributed by atoms with E-state index in [1.165, 1.54) is 4.90 Å². The third-order valence-electron chi connectivity index (χ3n) is 6.64. The van der Waals surface area contributed by atoms with Crippen molar-refractivity contribution in [3.05, 3.63) is 11.3 Å². The number of carboxylic acid groups (broad SMARTS) is 1. The number of nitrogens with zero attached hydrogens (tertiary/aromatic N) is 5. The van der Waals surface area contributed by atoms with Gasteiger partial charge in [-0.2, -0.15) is 9.97 Å². The molecule has 0 radical (unpaired) electrons. The molecule has 3 heterocycles. The van der Waals surface area contributed by atoms with Crippen LogP contribution < -0.4 is 9.64 Å². The van der Waals surface area contributed by atoms with Gasteiger partial charge in [0.25, 0.3) is 5.92 Å². The molecule has 0 aromatic carbocycles. The van der Waals surface area contributed by atoms with Crippen molar-refractivity contribution in [2.24, 2.45) is 5.41 Å². The summed E-state index contributed by atoms with van der Waals surface area (Å²) in [7, 11) is 3.53. The second-order valence-corrected chi connectivity index (χ2v) is 9.47. The molecule has 2 fully saturated rings. The molecule has 1 aromatic heterocycles. The molecule has 1 amide bonds. The van der Waals surface area contributed by atoms with Crippen LogP contribution in [0.15, 0.2) is 0 Å². The van der Waals surface area contributed by atoms with Crippen molar-refractivity contribution in [3.63, 3.8) is 0 Å². The maximum Gasteiger partial charge on any atom is 0.407 e. The number of amides is 1. The molecule has 0 bridgehead atoms. The molecule has 1 aromatic rings. The van der Waals surface area contributed by atoms with Crippen molar-refractivity contribution < 1.29 is 23.4 Å². The van der Waals surface area contributed by atoms with Gasteiger partial charge in [-0.05, 0) is 33.9 Å². The highest BCUT2D eigenvalue weighted by Gasteiger charge is 2.71. The second-order valence-electron chi connectivity index (χ2n) is 9.47. The molecular formula is C21H31F2N5O3. The molecule has 8 nitrogen and oxygen atoms in total. The molecule has 1 aliphatic carbocycles. The van der Waals surface area contributed by atoms with Crippen molar-refractivity contribution in [2.75, 3.05) is 38.7 Å². The topological polar surface area (TPSA) is 82.0 Å². The average Bonchev–Trinajstić information content (AvgIpc) is 3.05. The van der Waals surface area contributed by atoms with E-state index in [0.29, 0.717) is 11.5 Å². The minimum Gasteiger partial charge on any atom is -0.465 e. The highest BCUT2D eigenvalue weighted by atomic mass is 19.3. The normalized spacial score (nSPS) is 27.2. The van der Waals surface area contributed by atoms with Crippen LogP contribution in [0.3, 0.4) is 0 Å². The van der Waals surface area contributed by atoms with Crippen LogP contribution in [0.25, 0.3) is 0 Å². The molecule has 31 heavy (non-hydrogen) atoms. The summed E-state index contributed by atoms with van der Waals surface area (Å²) in [6.45, 7) is 3.38. The number of halogens is 2. The first-order valence-corrected chi connectivity index (χ1v) is 10.9. The minimum atomic E-state index is -2.77. The average molecular weight is 440 g/mol. The molecule has 1 N–H and O–H groups in total. The molecule has 1 unspecified atom stereocenters. The molecule has 1 saturated heterocycles. The molecule has 1 saturated carbocycles. The number of anilines is 1. The monoisotopic (exact) mass is 439 g/mol. The van der Waals surface area contributed by atoms with Gasteiger partial charge in [0.2, 0.25) is 0 Å². The Morgan fingerprint density at radius 1 is 1.26 bits per heavy atom. The van der Waals surface area contributed by atoms with Crippen LogP contribution in [0, 0.1) is 5.41 Å². The predicted molar refractivity (Wildman–Crippen MR) is 111 cm³/mol. The second kappa shape index (κ2) is 8.03. The molecule has 10 heteroatoms. The first kappa shape index (κ1) is 22.0. The summed E-state index contributed by atoms with van der Waals surface area (Å²) in [6, 6.07) is 0.305. The minimum absolute atomic E-state index is 0.0540. The number of hydrogen-bond donors (Lipinski definition) is 1. The zero-order chi connectivity index (χ0) is 22.4. The van der Waals surface area contributed by atoms with Gasteiger partial charge in [-0.3, -0.25) is 4.90 Å². The molecule has 0 spiro atoms. The van der Waals surface area contributed by atoms with Crippen LogP contribution in [0.5, 0.6) is 6.01 Å². The van der Waals surface area contributed by atoms with Crippen molar-refractivity contribution in [2.45, 2.75) is 64.1 Å². The van der Waals surface area contributed by atoms with E-state index in [4.69, 9.17) is 4.74 Å². The number of aromatic nitrogens is 2. The predicted octanol–water partition coefficient (Wildman–Crippen LogP) is 3.20. The van der Waals surface area contributed by atoms with Crippen molar-refractivity contribution in [1.82, 2.24) is 19.8 Å². The highest BCUT2D eigenvalue weighted by molar-refractivity contribution is 5.67. The maximum atomic E-state index is 14.1. The van der Waals surface area contributed by atoms with Crippen LogP contribution in [0.4, 0.5) is 19.4 Å². The van der Waals surface area contributed by atoms with Crippen molar-refractivity contribution in [3.8, 4) is 6.01 Å². The number of ether oxygens (including phenoxy) is 1. The Hall–Kier alpha value is -2.23. The van der Waals surface area contributed by atoms with Gasteiger partial charge >= 0.3 is 12.1 Å². The number of hydrogen-bond acceptors (Lipinski definition) is 6. The molecule has 172 valence electrons. The van der Waals surface area contributed by atoms with E-state index in [2.05, 4.69) is 21.8 Å².